The smallest absolute Gasteiger partial charge is 0.274 e. The summed E-state index contributed by atoms with van der Waals surface area (Å²) in [5, 5.41) is 4.41. The Balaban J connectivity index is 1.71. The van der Waals surface area contributed by atoms with Crippen LogP contribution >= 0.6 is 15.9 Å². The van der Waals surface area contributed by atoms with Gasteiger partial charge in [0, 0.05) is 23.3 Å². The Morgan fingerprint density at radius 3 is 2.92 bits per heavy atom. The van der Waals surface area contributed by atoms with Gasteiger partial charge in [-0.3, -0.25) is 4.79 Å². The first-order chi connectivity index (χ1) is 12.5. The monoisotopic (exact) mass is 417 g/mol. The Morgan fingerprint density at radius 1 is 1.35 bits per heavy atom. The summed E-state index contributed by atoms with van der Waals surface area (Å²) in [5.41, 5.74) is 3.00. The molecule has 7 heteroatoms. The maximum absolute atomic E-state index is 13.6. The molecule has 1 aliphatic heterocycles. The van der Waals surface area contributed by atoms with E-state index in [1.54, 1.807) is 34.9 Å². The number of fused-ring (bicyclic) bond motifs is 2. The summed E-state index contributed by atoms with van der Waals surface area (Å²) in [6, 6.07) is 8.13. The average Bonchev–Trinajstić information content (AvgIpc) is 3.05. The molecule has 0 N–H and O–H groups in total. The van der Waals surface area contributed by atoms with Crippen molar-refractivity contribution in [2.45, 2.75) is 19.4 Å². The first-order valence-electron chi connectivity index (χ1n) is 8.30. The van der Waals surface area contributed by atoms with Crippen LogP contribution in [0.4, 0.5) is 4.39 Å². The number of hydrogen-bond donors (Lipinski definition) is 0. The van der Waals surface area contributed by atoms with Crippen LogP contribution in [-0.4, -0.2) is 34.1 Å². The van der Waals surface area contributed by atoms with Gasteiger partial charge in [0.15, 0.2) is 5.69 Å². The van der Waals surface area contributed by atoms with E-state index >= 15 is 0 Å². The molecule has 1 amide bonds. The first kappa shape index (κ1) is 17.0. The van der Waals surface area contributed by atoms with Gasteiger partial charge in [-0.1, -0.05) is 6.07 Å². The number of pyridine rings is 1. The van der Waals surface area contributed by atoms with Gasteiger partial charge in [0.25, 0.3) is 5.91 Å². The minimum Gasteiger partial charge on any atom is -0.494 e. The summed E-state index contributed by atoms with van der Waals surface area (Å²) < 4.78 is 21.4. The lowest BCUT2D eigenvalue weighted by atomic mass is 9.93. The van der Waals surface area contributed by atoms with E-state index in [1.165, 1.54) is 12.1 Å². The summed E-state index contributed by atoms with van der Waals surface area (Å²) in [6.45, 7) is 2.50. The maximum Gasteiger partial charge on any atom is 0.274 e. The molecule has 3 aromatic rings. The molecule has 26 heavy (non-hydrogen) atoms. The molecule has 3 heterocycles. The third-order valence-corrected chi connectivity index (χ3v) is 5.28. The molecule has 134 valence electrons. The highest BCUT2D eigenvalue weighted by Crippen LogP contribution is 2.32. The van der Waals surface area contributed by atoms with Crippen molar-refractivity contribution in [3.05, 3.63) is 63.6 Å². The van der Waals surface area contributed by atoms with Crippen LogP contribution < -0.4 is 4.74 Å². The number of methoxy groups -OCH3 is 1. The van der Waals surface area contributed by atoms with Crippen molar-refractivity contribution in [3.8, 4) is 5.75 Å². The molecule has 0 aliphatic carbocycles. The molecule has 0 saturated carbocycles. The highest BCUT2D eigenvalue weighted by atomic mass is 79.9. The van der Waals surface area contributed by atoms with Gasteiger partial charge in [0.2, 0.25) is 0 Å². The lowest BCUT2D eigenvalue weighted by Gasteiger charge is -2.34. The Bertz CT molecular complexity index is 1020. The number of halogens is 2. The highest BCUT2D eigenvalue weighted by molar-refractivity contribution is 9.10. The maximum atomic E-state index is 13.6. The van der Waals surface area contributed by atoms with E-state index in [2.05, 4.69) is 21.0 Å². The molecular weight excluding hydrogens is 401 g/mol. The van der Waals surface area contributed by atoms with Crippen molar-refractivity contribution in [1.29, 1.82) is 0 Å². The van der Waals surface area contributed by atoms with Gasteiger partial charge >= 0.3 is 0 Å². The summed E-state index contributed by atoms with van der Waals surface area (Å²) in [4.78, 5) is 14.8. The van der Waals surface area contributed by atoms with Crippen LogP contribution in [0.25, 0.3) is 5.52 Å². The van der Waals surface area contributed by atoms with E-state index in [-0.39, 0.29) is 17.8 Å². The van der Waals surface area contributed by atoms with Gasteiger partial charge < -0.3 is 9.64 Å². The second-order valence-electron chi connectivity index (χ2n) is 6.35. The van der Waals surface area contributed by atoms with Crippen LogP contribution in [0.15, 0.2) is 41.0 Å². The number of nitrogens with zero attached hydrogens (tertiary/aromatic N) is 3. The minimum absolute atomic E-state index is 0.172. The average molecular weight is 418 g/mol. The van der Waals surface area contributed by atoms with Gasteiger partial charge in [0.1, 0.15) is 17.1 Å². The zero-order chi connectivity index (χ0) is 18.4. The molecule has 1 aliphatic rings. The zero-order valence-corrected chi connectivity index (χ0v) is 16.0. The van der Waals surface area contributed by atoms with Crippen LogP contribution in [-0.2, 0) is 6.42 Å². The second-order valence-corrected chi connectivity index (χ2v) is 7.27. The summed E-state index contributed by atoms with van der Waals surface area (Å²) in [5.74, 6) is 0.173. The number of aromatic nitrogens is 2. The molecule has 4 rings (SSSR count). The predicted octanol–water partition coefficient (Wildman–Crippen LogP) is 4.00. The van der Waals surface area contributed by atoms with Crippen LogP contribution in [0.5, 0.6) is 5.75 Å². The van der Waals surface area contributed by atoms with Crippen LogP contribution in [0.3, 0.4) is 0 Å². The van der Waals surface area contributed by atoms with Gasteiger partial charge in [-0.15, -0.1) is 0 Å². The lowest BCUT2D eigenvalue weighted by Crippen LogP contribution is -2.39. The molecular formula is C19H17BrFN3O2. The topological polar surface area (TPSA) is 46.8 Å². The number of rotatable bonds is 2. The van der Waals surface area contributed by atoms with Gasteiger partial charge in [-0.05, 0) is 58.6 Å². The van der Waals surface area contributed by atoms with Gasteiger partial charge in [0.05, 0.1) is 13.2 Å². The molecule has 1 aromatic carbocycles. The van der Waals surface area contributed by atoms with Crippen molar-refractivity contribution in [2.24, 2.45) is 0 Å². The van der Waals surface area contributed by atoms with E-state index < -0.39 is 0 Å². The van der Waals surface area contributed by atoms with Crippen LogP contribution in [0.2, 0.25) is 0 Å². The highest BCUT2D eigenvalue weighted by Gasteiger charge is 2.30. The molecule has 0 fully saturated rings. The Morgan fingerprint density at radius 2 is 2.15 bits per heavy atom. The number of amides is 1. The molecule has 0 bridgehead atoms. The quantitative estimate of drug-likeness (QED) is 0.632. The molecule has 1 unspecified atom stereocenters. The van der Waals surface area contributed by atoms with Gasteiger partial charge in [-0.2, -0.15) is 5.10 Å². The number of ether oxygens (including phenoxy) is 1. The zero-order valence-electron chi connectivity index (χ0n) is 14.4. The predicted molar refractivity (Wildman–Crippen MR) is 99.0 cm³/mol. The van der Waals surface area contributed by atoms with Gasteiger partial charge in [-0.25, -0.2) is 8.91 Å². The van der Waals surface area contributed by atoms with E-state index in [1.807, 2.05) is 13.0 Å². The van der Waals surface area contributed by atoms with Crippen molar-refractivity contribution in [1.82, 2.24) is 14.5 Å². The van der Waals surface area contributed by atoms with E-state index in [4.69, 9.17) is 4.74 Å². The molecule has 1 atom stereocenters. The Labute approximate surface area is 158 Å². The fourth-order valence-electron chi connectivity index (χ4n) is 3.51. The SMILES string of the molecule is COc1cc(Br)cn2nc(C(=O)N3CCc4ccc(F)cc4C3C)cc12. The van der Waals surface area contributed by atoms with Crippen LogP contribution in [0.1, 0.15) is 34.6 Å². The number of hydrogen-bond acceptors (Lipinski definition) is 3. The molecule has 5 nitrogen and oxygen atoms in total. The number of benzene rings is 1. The largest absolute Gasteiger partial charge is 0.494 e. The lowest BCUT2D eigenvalue weighted by molar-refractivity contribution is 0.0671. The molecule has 0 radical (unpaired) electrons. The molecule has 0 saturated heterocycles. The summed E-state index contributed by atoms with van der Waals surface area (Å²) >= 11 is 3.41. The second kappa shape index (κ2) is 6.39. The number of carbonyl (C=O) groups excluding carboxylic acids is 1. The molecule has 0 spiro atoms. The fraction of sp³-hybridized carbons (Fsp3) is 0.263. The van der Waals surface area contributed by atoms with Crippen molar-refractivity contribution in [3.63, 3.8) is 0 Å². The van der Waals surface area contributed by atoms with Crippen LogP contribution in [0, 0.1) is 5.82 Å². The Kier molecular flexibility index (Phi) is 4.19. The first-order valence-corrected chi connectivity index (χ1v) is 9.09. The van der Waals surface area contributed by atoms with Crippen molar-refractivity contribution >= 4 is 27.4 Å². The third kappa shape index (κ3) is 2.76. The normalized spacial score (nSPS) is 16.6. The summed E-state index contributed by atoms with van der Waals surface area (Å²) in [7, 11) is 1.58. The minimum atomic E-state index is -0.285. The van der Waals surface area contributed by atoms with E-state index in [0.29, 0.717) is 24.4 Å². The van der Waals surface area contributed by atoms with Crippen molar-refractivity contribution < 1.29 is 13.9 Å². The van der Waals surface area contributed by atoms with E-state index in [0.717, 1.165) is 21.1 Å². The summed E-state index contributed by atoms with van der Waals surface area (Å²) in [6.07, 6.45) is 2.48. The Hall–Kier alpha value is -2.41. The van der Waals surface area contributed by atoms with E-state index in [9.17, 15) is 9.18 Å². The number of carbonyl (C=O) groups is 1. The third-order valence-electron chi connectivity index (χ3n) is 4.85. The standard InChI is InChI=1S/C19H17BrFN3O2/c1-11-15-8-14(21)4-3-12(15)5-6-23(11)19(25)16-9-17-18(26-2)7-13(20)10-24(17)22-16/h3-4,7-11H,5-6H2,1-2H3. The molecule has 2 aromatic heterocycles. The fourth-order valence-corrected chi connectivity index (χ4v) is 3.91. The van der Waals surface area contributed by atoms with Crippen molar-refractivity contribution in [2.75, 3.05) is 13.7 Å².